The van der Waals surface area contributed by atoms with Gasteiger partial charge in [0.15, 0.2) is 0 Å². The number of hydrogen-bond acceptors (Lipinski definition) is 1. The van der Waals surface area contributed by atoms with Crippen LogP contribution in [0.2, 0.25) is 0 Å². The minimum absolute atomic E-state index is 0.0722. The first-order valence-electron chi connectivity index (χ1n) is 7.17. The van der Waals surface area contributed by atoms with Gasteiger partial charge in [-0.25, -0.2) is 4.39 Å². The van der Waals surface area contributed by atoms with Gasteiger partial charge in [-0.1, -0.05) is 31.4 Å². The van der Waals surface area contributed by atoms with Crippen LogP contribution >= 0.6 is 0 Å². The van der Waals surface area contributed by atoms with Gasteiger partial charge >= 0.3 is 0 Å². The molecule has 0 saturated heterocycles. The molecule has 1 aliphatic carbocycles. The van der Waals surface area contributed by atoms with E-state index in [1.807, 2.05) is 13.0 Å². The molecule has 1 fully saturated rings. The lowest BCUT2D eigenvalue weighted by Crippen LogP contribution is -2.26. The van der Waals surface area contributed by atoms with Crippen LogP contribution < -0.4 is 5.73 Å². The fraction of sp³-hybridized carbons (Fsp3) is 0.562. The summed E-state index contributed by atoms with van der Waals surface area (Å²) in [6.07, 6.45) is 6.08. The minimum Gasteiger partial charge on any atom is -0.387 e. The van der Waals surface area contributed by atoms with Gasteiger partial charge in [0, 0.05) is 5.92 Å². The molecule has 2 nitrogen and oxygen atoms in total. The van der Waals surface area contributed by atoms with E-state index in [4.69, 9.17) is 5.73 Å². The van der Waals surface area contributed by atoms with Crippen LogP contribution in [-0.2, 0) is 0 Å². The summed E-state index contributed by atoms with van der Waals surface area (Å²) in [6.45, 7) is 3.74. The smallest absolute Gasteiger partial charge is 0.126 e. The maximum atomic E-state index is 13.6. The molecule has 1 aromatic carbocycles. The summed E-state index contributed by atoms with van der Waals surface area (Å²) in [4.78, 5) is 4.57. The number of hydrogen-bond donors (Lipinski definition) is 1. The second-order valence-corrected chi connectivity index (χ2v) is 5.57. The number of benzene rings is 1. The molecule has 0 heterocycles. The van der Waals surface area contributed by atoms with Crippen LogP contribution in [0.1, 0.15) is 56.2 Å². The van der Waals surface area contributed by atoms with Crippen molar-refractivity contribution >= 4 is 5.84 Å². The summed E-state index contributed by atoms with van der Waals surface area (Å²) in [7, 11) is 0. The molecule has 1 aromatic rings. The average Bonchev–Trinajstić information content (AvgIpc) is 2.42. The summed E-state index contributed by atoms with van der Waals surface area (Å²) >= 11 is 0. The molecule has 0 amide bonds. The lowest BCUT2D eigenvalue weighted by atomic mass is 9.88. The zero-order chi connectivity index (χ0) is 13.8. The van der Waals surface area contributed by atoms with E-state index < -0.39 is 0 Å². The number of rotatable bonds is 3. The van der Waals surface area contributed by atoms with E-state index in [0.29, 0.717) is 11.5 Å². The Balaban J connectivity index is 2.09. The van der Waals surface area contributed by atoms with Crippen LogP contribution in [0.4, 0.5) is 4.39 Å². The molecular formula is C16H23FN2. The number of nitrogens with zero attached hydrogens (tertiary/aromatic N) is 1. The van der Waals surface area contributed by atoms with Crippen LogP contribution in [0.25, 0.3) is 0 Å². The van der Waals surface area contributed by atoms with Gasteiger partial charge < -0.3 is 5.73 Å². The van der Waals surface area contributed by atoms with Crippen LogP contribution in [0.15, 0.2) is 23.2 Å². The van der Waals surface area contributed by atoms with Gasteiger partial charge in [-0.3, -0.25) is 4.99 Å². The Morgan fingerprint density at radius 3 is 2.63 bits per heavy atom. The standard InChI is InChI=1S/C16H23FN2/c1-11-8-9-14(10-15(11)17)12(2)19-16(18)13-6-4-3-5-7-13/h8-10,12-13H,3-7H2,1-2H3,(H2,18,19). The van der Waals surface area contributed by atoms with Crippen molar-refractivity contribution in [2.75, 3.05) is 0 Å². The molecular weight excluding hydrogens is 239 g/mol. The van der Waals surface area contributed by atoms with Gasteiger partial charge in [-0.2, -0.15) is 0 Å². The summed E-state index contributed by atoms with van der Waals surface area (Å²) < 4.78 is 13.6. The quantitative estimate of drug-likeness (QED) is 0.645. The molecule has 0 aromatic heterocycles. The lowest BCUT2D eigenvalue weighted by molar-refractivity contribution is 0.435. The third kappa shape index (κ3) is 3.55. The third-order valence-corrected chi connectivity index (χ3v) is 4.04. The van der Waals surface area contributed by atoms with Crippen LogP contribution in [0.5, 0.6) is 0 Å². The Labute approximate surface area is 114 Å². The predicted molar refractivity (Wildman–Crippen MR) is 77.7 cm³/mol. The van der Waals surface area contributed by atoms with Gasteiger partial charge in [-0.15, -0.1) is 0 Å². The van der Waals surface area contributed by atoms with Gasteiger partial charge in [0.1, 0.15) is 5.82 Å². The zero-order valence-electron chi connectivity index (χ0n) is 11.8. The molecule has 2 N–H and O–H groups in total. The molecule has 2 rings (SSSR count). The van der Waals surface area contributed by atoms with Crippen molar-refractivity contribution in [1.82, 2.24) is 0 Å². The van der Waals surface area contributed by atoms with Crippen LogP contribution in [-0.4, -0.2) is 5.84 Å². The molecule has 1 atom stereocenters. The normalized spacial score (nSPS) is 19.4. The fourth-order valence-corrected chi connectivity index (χ4v) is 2.67. The number of aliphatic imine (C=N–C) groups is 1. The summed E-state index contributed by atoms with van der Waals surface area (Å²) in [6, 6.07) is 5.23. The number of amidine groups is 1. The Morgan fingerprint density at radius 1 is 1.32 bits per heavy atom. The van der Waals surface area contributed by atoms with Crippen LogP contribution in [0, 0.1) is 18.7 Å². The van der Waals surface area contributed by atoms with Crippen molar-refractivity contribution in [3.05, 3.63) is 35.1 Å². The third-order valence-electron chi connectivity index (χ3n) is 4.04. The van der Waals surface area contributed by atoms with E-state index in [-0.39, 0.29) is 11.9 Å². The number of aryl methyl sites for hydroxylation is 1. The molecule has 0 radical (unpaired) electrons. The van der Waals surface area contributed by atoms with Gasteiger partial charge in [-0.05, 0) is 43.9 Å². The molecule has 1 aliphatic rings. The second kappa shape index (κ2) is 6.18. The molecule has 3 heteroatoms. The van der Waals surface area contributed by atoms with Crippen molar-refractivity contribution in [2.45, 2.75) is 52.0 Å². The first-order valence-corrected chi connectivity index (χ1v) is 7.17. The van der Waals surface area contributed by atoms with E-state index in [9.17, 15) is 4.39 Å². The maximum Gasteiger partial charge on any atom is 0.126 e. The fourth-order valence-electron chi connectivity index (χ4n) is 2.67. The Morgan fingerprint density at radius 2 is 2.00 bits per heavy atom. The molecule has 0 bridgehead atoms. The predicted octanol–water partition coefficient (Wildman–Crippen LogP) is 4.13. The van der Waals surface area contributed by atoms with Crippen molar-refractivity contribution in [1.29, 1.82) is 0 Å². The van der Waals surface area contributed by atoms with Crippen molar-refractivity contribution in [3.63, 3.8) is 0 Å². The molecule has 0 aliphatic heterocycles. The van der Waals surface area contributed by atoms with Gasteiger partial charge in [0.05, 0.1) is 11.9 Å². The largest absolute Gasteiger partial charge is 0.387 e. The first-order chi connectivity index (χ1) is 9.08. The lowest BCUT2D eigenvalue weighted by Gasteiger charge is -2.22. The Kier molecular flexibility index (Phi) is 4.56. The van der Waals surface area contributed by atoms with Gasteiger partial charge in [0.25, 0.3) is 0 Å². The minimum atomic E-state index is -0.171. The summed E-state index contributed by atoms with van der Waals surface area (Å²) in [5.41, 5.74) is 7.67. The maximum absolute atomic E-state index is 13.6. The van der Waals surface area contributed by atoms with E-state index >= 15 is 0 Å². The highest BCUT2D eigenvalue weighted by atomic mass is 19.1. The monoisotopic (exact) mass is 262 g/mol. The van der Waals surface area contributed by atoms with E-state index in [1.165, 1.54) is 19.3 Å². The summed E-state index contributed by atoms with van der Waals surface area (Å²) in [5, 5.41) is 0. The van der Waals surface area contributed by atoms with E-state index in [1.54, 1.807) is 19.1 Å². The first kappa shape index (κ1) is 14.0. The topological polar surface area (TPSA) is 38.4 Å². The average molecular weight is 262 g/mol. The number of halogens is 1. The zero-order valence-corrected chi connectivity index (χ0v) is 11.8. The second-order valence-electron chi connectivity index (χ2n) is 5.57. The highest BCUT2D eigenvalue weighted by Crippen LogP contribution is 2.26. The van der Waals surface area contributed by atoms with E-state index in [0.717, 1.165) is 24.2 Å². The number of nitrogens with two attached hydrogens (primary N) is 1. The molecule has 0 spiro atoms. The highest BCUT2D eigenvalue weighted by molar-refractivity contribution is 5.83. The highest BCUT2D eigenvalue weighted by Gasteiger charge is 2.18. The Bertz CT molecular complexity index is 462. The molecule has 1 saturated carbocycles. The van der Waals surface area contributed by atoms with Crippen LogP contribution in [0.3, 0.4) is 0 Å². The van der Waals surface area contributed by atoms with Gasteiger partial charge in [0.2, 0.25) is 0 Å². The molecule has 19 heavy (non-hydrogen) atoms. The SMILES string of the molecule is Cc1ccc(C(C)N=C(N)C2CCCCC2)cc1F. The molecule has 1 unspecified atom stereocenters. The van der Waals surface area contributed by atoms with Crippen molar-refractivity contribution in [3.8, 4) is 0 Å². The summed E-state index contributed by atoms with van der Waals surface area (Å²) in [5.74, 6) is 0.996. The van der Waals surface area contributed by atoms with Crippen molar-refractivity contribution in [2.24, 2.45) is 16.6 Å². The van der Waals surface area contributed by atoms with E-state index in [2.05, 4.69) is 4.99 Å². The Hall–Kier alpha value is -1.38. The van der Waals surface area contributed by atoms with Crippen molar-refractivity contribution < 1.29 is 4.39 Å². The molecule has 104 valence electrons.